The van der Waals surface area contributed by atoms with Gasteiger partial charge in [-0.2, -0.15) is 0 Å². The molecule has 6 nitrogen and oxygen atoms in total. The molecule has 3 aliphatic heterocycles. The third-order valence-corrected chi connectivity index (χ3v) is 8.71. The molecule has 2 saturated heterocycles. The van der Waals surface area contributed by atoms with Crippen molar-refractivity contribution in [3.63, 3.8) is 0 Å². The van der Waals surface area contributed by atoms with Crippen LogP contribution < -0.4 is 15.4 Å². The molecule has 0 aromatic heterocycles. The number of halogens is 1. The van der Waals surface area contributed by atoms with Crippen LogP contribution >= 0.6 is 11.6 Å². The van der Waals surface area contributed by atoms with Gasteiger partial charge in [0.15, 0.2) is 0 Å². The van der Waals surface area contributed by atoms with Crippen molar-refractivity contribution in [2.75, 3.05) is 6.54 Å². The molecule has 2 amide bonds. The number of nitrogens with one attached hydrogen (secondary N) is 2. The predicted molar refractivity (Wildman–Crippen MR) is 147 cm³/mol. The molecule has 0 spiro atoms. The van der Waals surface area contributed by atoms with E-state index < -0.39 is 5.41 Å². The summed E-state index contributed by atoms with van der Waals surface area (Å²) in [5.74, 6) is 0.961. The van der Waals surface area contributed by atoms with Gasteiger partial charge in [-0.15, -0.1) is 0 Å². The summed E-state index contributed by atoms with van der Waals surface area (Å²) < 4.78 is 6.06. The Kier molecular flexibility index (Phi) is 6.62. The second kappa shape index (κ2) is 10.1. The van der Waals surface area contributed by atoms with Crippen molar-refractivity contribution in [2.24, 2.45) is 0 Å². The molecule has 2 fully saturated rings. The smallest absolute Gasteiger partial charge is 0.239 e. The summed E-state index contributed by atoms with van der Waals surface area (Å²) in [7, 11) is 0. The molecular formula is C31H32ClN3O3. The first-order chi connectivity index (χ1) is 18.4. The van der Waals surface area contributed by atoms with Crippen molar-refractivity contribution in [3.8, 4) is 11.5 Å². The van der Waals surface area contributed by atoms with Crippen LogP contribution in [-0.2, 0) is 21.5 Å². The van der Waals surface area contributed by atoms with E-state index in [4.69, 9.17) is 16.3 Å². The summed E-state index contributed by atoms with van der Waals surface area (Å²) in [5, 5.41) is 6.87. The van der Waals surface area contributed by atoms with Gasteiger partial charge in [-0.1, -0.05) is 60.1 Å². The third-order valence-electron chi connectivity index (χ3n) is 8.46. The molecule has 196 valence electrons. The number of rotatable bonds is 6. The molecule has 2 N–H and O–H groups in total. The zero-order valence-electron chi connectivity index (χ0n) is 21.5. The number of hydrogen-bond acceptors (Lipinski definition) is 4. The van der Waals surface area contributed by atoms with E-state index in [0.717, 1.165) is 48.4 Å². The Morgan fingerprint density at radius 3 is 2.11 bits per heavy atom. The minimum Gasteiger partial charge on any atom is -0.457 e. The summed E-state index contributed by atoms with van der Waals surface area (Å²) in [5.41, 5.74) is 1.89. The van der Waals surface area contributed by atoms with E-state index in [1.165, 1.54) is 5.56 Å². The number of para-hydroxylation sites is 2. The van der Waals surface area contributed by atoms with Gasteiger partial charge in [0.1, 0.15) is 16.9 Å². The lowest BCUT2D eigenvalue weighted by atomic mass is 9.73. The Balaban J connectivity index is 1.08. The van der Waals surface area contributed by atoms with Gasteiger partial charge in [0.25, 0.3) is 0 Å². The number of fused-ring (bicyclic) bond motifs is 4. The molecule has 0 saturated carbocycles. The summed E-state index contributed by atoms with van der Waals surface area (Å²) >= 11 is 6.05. The first-order valence-corrected chi connectivity index (χ1v) is 13.7. The molecule has 3 aliphatic rings. The van der Waals surface area contributed by atoms with Crippen molar-refractivity contribution in [3.05, 3.63) is 94.5 Å². The molecule has 3 aromatic rings. The Hall–Kier alpha value is -3.35. The quantitative estimate of drug-likeness (QED) is 0.461. The van der Waals surface area contributed by atoms with Crippen molar-refractivity contribution in [1.82, 2.24) is 15.5 Å². The number of amides is 2. The van der Waals surface area contributed by atoms with Crippen LogP contribution in [0.2, 0.25) is 5.02 Å². The van der Waals surface area contributed by atoms with Crippen LogP contribution in [0.25, 0.3) is 0 Å². The summed E-state index contributed by atoms with van der Waals surface area (Å²) in [4.78, 5) is 29.2. The zero-order chi connectivity index (χ0) is 26.3. The van der Waals surface area contributed by atoms with E-state index in [-0.39, 0.29) is 24.4 Å². The van der Waals surface area contributed by atoms with Gasteiger partial charge in [0.2, 0.25) is 11.8 Å². The highest BCUT2D eigenvalue weighted by atomic mass is 35.5. The van der Waals surface area contributed by atoms with Gasteiger partial charge in [0, 0.05) is 40.8 Å². The lowest BCUT2D eigenvalue weighted by molar-refractivity contribution is -0.129. The molecule has 3 atom stereocenters. The van der Waals surface area contributed by atoms with Crippen molar-refractivity contribution in [1.29, 1.82) is 0 Å². The highest BCUT2D eigenvalue weighted by Gasteiger charge is 2.45. The first kappa shape index (κ1) is 25.0. The topological polar surface area (TPSA) is 70.7 Å². The molecule has 0 unspecified atom stereocenters. The average Bonchev–Trinajstić information content (AvgIpc) is 3.15. The highest BCUT2D eigenvalue weighted by Crippen LogP contribution is 2.47. The highest BCUT2D eigenvalue weighted by molar-refractivity contribution is 6.30. The van der Waals surface area contributed by atoms with Gasteiger partial charge in [-0.3, -0.25) is 14.5 Å². The second-order valence-electron chi connectivity index (χ2n) is 10.8. The van der Waals surface area contributed by atoms with E-state index in [0.29, 0.717) is 23.6 Å². The summed E-state index contributed by atoms with van der Waals surface area (Å²) in [6.07, 6.45) is 4.17. The van der Waals surface area contributed by atoms with Crippen LogP contribution in [0.4, 0.5) is 0 Å². The number of carbonyl (C=O) groups excluding carboxylic acids is 2. The van der Waals surface area contributed by atoms with Crippen LogP contribution in [0, 0.1) is 0 Å². The molecule has 38 heavy (non-hydrogen) atoms. The van der Waals surface area contributed by atoms with Gasteiger partial charge in [0.05, 0.1) is 6.54 Å². The average molecular weight is 530 g/mol. The Morgan fingerprint density at radius 2 is 1.50 bits per heavy atom. The fourth-order valence-electron chi connectivity index (χ4n) is 6.51. The van der Waals surface area contributed by atoms with E-state index >= 15 is 0 Å². The van der Waals surface area contributed by atoms with E-state index in [1.807, 2.05) is 67.6 Å². The lowest BCUT2D eigenvalue weighted by Crippen LogP contribution is -2.52. The van der Waals surface area contributed by atoms with Crippen LogP contribution in [0.1, 0.15) is 49.3 Å². The van der Waals surface area contributed by atoms with E-state index in [1.54, 1.807) is 0 Å². The van der Waals surface area contributed by atoms with E-state index in [9.17, 15) is 9.59 Å². The number of carbonyl (C=O) groups is 2. The lowest BCUT2D eigenvalue weighted by Gasteiger charge is -2.39. The molecule has 7 heteroatoms. The van der Waals surface area contributed by atoms with E-state index in [2.05, 4.69) is 27.7 Å². The number of nitrogens with zero attached hydrogens (tertiary/aromatic N) is 1. The first-order valence-electron chi connectivity index (χ1n) is 13.4. The Bertz CT molecular complexity index is 1300. The monoisotopic (exact) mass is 529 g/mol. The SMILES string of the molecule is CC1(C(=O)NCC(=O)N[C@H]2C[C@H]3CC[C@@H](C2)N3Cc2ccc(Cl)cc2)c2ccccc2Oc2ccccc21. The molecule has 2 bridgehead atoms. The largest absolute Gasteiger partial charge is 0.457 e. The van der Waals surface area contributed by atoms with Crippen molar-refractivity contribution >= 4 is 23.4 Å². The fraction of sp³-hybridized carbons (Fsp3) is 0.355. The Morgan fingerprint density at radius 1 is 0.921 bits per heavy atom. The fourth-order valence-corrected chi connectivity index (χ4v) is 6.64. The minimum absolute atomic E-state index is 0.0556. The van der Waals surface area contributed by atoms with Gasteiger partial charge >= 0.3 is 0 Å². The minimum atomic E-state index is -0.960. The molecule has 6 rings (SSSR count). The van der Waals surface area contributed by atoms with Gasteiger partial charge in [-0.05, 0) is 62.4 Å². The molecule has 0 aliphatic carbocycles. The standard InChI is InChI=1S/C31H32ClN3O3/c1-31(25-6-2-4-8-27(25)38-28-9-5-3-7-26(28)31)30(37)33-18-29(36)34-22-16-23-14-15-24(17-22)35(23)19-20-10-12-21(32)13-11-20/h2-13,22-24H,14-19H2,1H3,(H,33,37)(H,34,36)/t22-,23+,24-. The van der Waals surface area contributed by atoms with Crippen molar-refractivity contribution in [2.45, 2.75) is 62.7 Å². The predicted octanol–water partition coefficient (Wildman–Crippen LogP) is 5.18. The van der Waals surface area contributed by atoms with Gasteiger partial charge < -0.3 is 15.4 Å². The number of benzene rings is 3. The number of ether oxygens (including phenoxy) is 1. The molecular weight excluding hydrogens is 498 g/mol. The van der Waals surface area contributed by atoms with Crippen LogP contribution in [0.5, 0.6) is 11.5 Å². The maximum Gasteiger partial charge on any atom is 0.239 e. The number of piperidine rings is 1. The van der Waals surface area contributed by atoms with Crippen LogP contribution in [0.3, 0.4) is 0 Å². The van der Waals surface area contributed by atoms with Crippen LogP contribution in [-0.4, -0.2) is 41.4 Å². The molecule has 3 heterocycles. The van der Waals surface area contributed by atoms with Gasteiger partial charge in [-0.25, -0.2) is 0 Å². The zero-order valence-corrected chi connectivity index (χ0v) is 22.2. The maximum absolute atomic E-state index is 13.6. The summed E-state index contributed by atoms with van der Waals surface area (Å²) in [6.45, 7) is 2.75. The third kappa shape index (κ3) is 4.56. The van der Waals surface area contributed by atoms with Crippen molar-refractivity contribution < 1.29 is 14.3 Å². The molecule has 3 aromatic carbocycles. The maximum atomic E-state index is 13.6. The second-order valence-corrected chi connectivity index (χ2v) is 11.3. The normalized spacial score (nSPS) is 23.1. The van der Waals surface area contributed by atoms with Crippen LogP contribution in [0.15, 0.2) is 72.8 Å². The molecule has 0 radical (unpaired) electrons. The number of hydrogen-bond donors (Lipinski definition) is 2. The Labute approximate surface area is 228 Å². The summed E-state index contributed by atoms with van der Waals surface area (Å²) in [6, 6.07) is 24.3.